The van der Waals surface area contributed by atoms with Crippen LogP contribution in [0, 0.1) is 5.82 Å². The predicted molar refractivity (Wildman–Crippen MR) is 143 cm³/mol. The van der Waals surface area contributed by atoms with Crippen molar-refractivity contribution in [2.75, 3.05) is 23.0 Å². The normalized spacial score (nSPS) is 19.3. The molecule has 0 unspecified atom stereocenters. The molecule has 0 aromatic carbocycles. The molecule has 11 nitrogen and oxygen atoms in total. The first-order chi connectivity index (χ1) is 18.3. The summed E-state index contributed by atoms with van der Waals surface area (Å²) in [6.45, 7) is 3.98. The Morgan fingerprint density at radius 2 is 1.71 bits per heavy atom. The summed E-state index contributed by atoms with van der Waals surface area (Å²) in [7, 11) is 1.81. The van der Waals surface area contributed by atoms with Crippen LogP contribution in [0.25, 0.3) is 5.65 Å². The molecule has 0 bridgehead atoms. The number of urea groups is 1. The third-order valence-electron chi connectivity index (χ3n) is 7.16. The molecule has 12 heteroatoms. The van der Waals surface area contributed by atoms with Gasteiger partial charge in [0, 0.05) is 43.5 Å². The van der Waals surface area contributed by atoms with Crippen molar-refractivity contribution >= 4 is 34.8 Å². The molecule has 2 aliphatic rings. The molecule has 0 radical (unpaired) electrons. The number of anilines is 3. The third-order valence-corrected chi connectivity index (χ3v) is 7.16. The second-order valence-corrected chi connectivity index (χ2v) is 10.4. The molecule has 2 aliphatic carbocycles. The number of imidazole rings is 1. The lowest BCUT2D eigenvalue weighted by Gasteiger charge is -2.32. The average Bonchev–Trinajstić information content (AvgIpc) is 3.61. The number of nitrogens with zero attached hydrogens (tertiary/aromatic N) is 5. The Kier molecular flexibility index (Phi) is 7.30. The van der Waals surface area contributed by atoms with Crippen molar-refractivity contribution in [3.05, 3.63) is 42.2 Å². The molecule has 38 heavy (non-hydrogen) atoms. The zero-order valence-electron chi connectivity index (χ0n) is 21.9. The zero-order valence-corrected chi connectivity index (χ0v) is 21.9. The number of halogens is 1. The quantitative estimate of drug-likeness (QED) is 0.353. The first-order valence-corrected chi connectivity index (χ1v) is 13.1. The van der Waals surface area contributed by atoms with Gasteiger partial charge < -0.3 is 26.2 Å². The second-order valence-electron chi connectivity index (χ2n) is 10.4. The van der Waals surface area contributed by atoms with E-state index in [0.29, 0.717) is 17.5 Å². The summed E-state index contributed by atoms with van der Waals surface area (Å²) in [4.78, 5) is 35.3. The lowest BCUT2D eigenvalue weighted by atomic mass is 9.91. The Hall–Kier alpha value is -3.96. The van der Waals surface area contributed by atoms with Crippen LogP contribution in [0.1, 0.15) is 62.9 Å². The smallest absolute Gasteiger partial charge is 0.317 e. The van der Waals surface area contributed by atoms with Gasteiger partial charge in [-0.3, -0.25) is 9.78 Å². The maximum Gasteiger partial charge on any atom is 0.317 e. The van der Waals surface area contributed by atoms with E-state index in [1.807, 2.05) is 19.9 Å². The van der Waals surface area contributed by atoms with Gasteiger partial charge in [0.15, 0.2) is 17.2 Å². The molecule has 3 amide bonds. The SMILES string of the molecule is CC(C)N(C)C(=O)N[C@H]1CC[C@H](Nc2cc(NC3CC3)c3ncc(C(=O)Nc4ccncc4F)n3n2)CC1. The van der Waals surface area contributed by atoms with Gasteiger partial charge in [0.1, 0.15) is 5.82 Å². The van der Waals surface area contributed by atoms with E-state index in [1.165, 1.54) is 23.0 Å². The predicted octanol–water partition coefficient (Wildman–Crippen LogP) is 3.86. The Bertz CT molecular complexity index is 1320. The van der Waals surface area contributed by atoms with E-state index >= 15 is 0 Å². The number of hydrogen-bond acceptors (Lipinski definition) is 7. The first kappa shape index (κ1) is 25.7. The molecule has 2 fully saturated rings. The van der Waals surface area contributed by atoms with E-state index in [9.17, 15) is 14.0 Å². The molecular formula is C26H34FN9O2. The fraction of sp³-hybridized carbons (Fsp3) is 0.500. The van der Waals surface area contributed by atoms with Gasteiger partial charge in [0.05, 0.1) is 23.8 Å². The Balaban J connectivity index is 1.30. The number of amides is 3. The summed E-state index contributed by atoms with van der Waals surface area (Å²) in [5, 5.41) is 17.4. The maximum absolute atomic E-state index is 14.1. The monoisotopic (exact) mass is 523 g/mol. The van der Waals surface area contributed by atoms with Crippen molar-refractivity contribution in [3.63, 3.8) is 0 Å². The van der Waals surface area contributed by atoms with Crippen molar-refractivity contribution in [3.8, 4) is 0 Å². The fourth-order valence-corrected chi connectivity index (χ4v) is 4.51. The van der Waals surface area contributed by atoms with E-state index in [4.69, 9.17) is 0 Å². The van der Waals surface area contributed by atoms with Crippen LogP contribution in [0.3, 0.4) is 0 Å². The van der Waals surface area contributed by atoms with Gasteiger partial charge >= 0.3 is 6.03 Å². The van der Waals surface area contributed by atoms with Gasteiger partial charge in [-0.05, 0) is 58.4 Å². The van der Waals surface area contributed by atoms with Crippen LogP contribution in [0.2, 0.25) is 0 Å². The second kappa shape index (κ2) is 10.8. The number of aromatic nitrogens is 4. The van der Waals surface area contributed by atoms with Gasteiger partial charge in [-0.15, -0.1) is 5.10 Å². The van der Waals surface area contributed by atoms with E-state index in [2.05, 4.69) is 36.3 Å². The summed E-state index contributed by atoms with van der Waals surface area (Å²) in [5.74, 6) is -0.522. The van der Waals surface area contributed by atoms with E-state index in [1.54, 1.807) is 11.9 Å². The number of hydrogen-bond donors (Lipinski definition) is 4. The highest BCUT2D eigenvalue weighted by Crippen LogP contribution is 2.30. The highest BCUT2D eigenvalue weighted by Gasteiger charge is 2.27. The van der Waals surface area contributed by atoms with Crippen LogP contribution >= 0.6 is 0 Å². The molecule has 0 saturated heterocycles. The highest BCUT2D eigenvalue weighted by atomic mass is 19.1. The number of carbonyl (C=O) groups excluding carboxylic acids is 2. The van der Waals surface area contributed by atoms with Gasteiger partial charge in [-0.1, -0.05) is 0 Å². The molecule has 3 aromatic heterocycles. The summed E-state index contributed by atoms with van der Waals surface area (Å²) < 4.78 is 15.6. The molecule has 202 valence electrons. The molecule has 4 N–H and O–H groups in total. The Morgan fingerprint density at radius 1 is 1.03 bits per heavy atom. The number of rotatable bonds is 8. The van der Waals surface area contributed by atoms with Gasteiger partial charge in [0.25, 0.3) is 5.91 Å². The van der Waals surface area contributed by atoms with Crippen molar-refractivity contribution in [2.45, 2.75) is 76.5 Å². The number of fused-ring (bicyclic) bond motifs is 1. The van der Waals surface area contributed by atoms with E-state index in [-0.39, 0.29) is 35.5 Å². The minimum Gasteiger partial charge on any atom is -0.379 e. The minimum absolute atomic E-state index is 0.0361. The number of nitrogens with one attached hydrogen (secondary N) is 4. The number of pyridine rings is 1. The number of carbonyl (C=O) groups is 2. The molecule has 2 saturated carbocycles. The maximum atomic E-state index is 14.1. The van der Waals surface area contributed by atoms with Crippen LogP contribution in [-0.4, -0.2) is 67.6 Å². The van der Waals surface area contributed by atoms with Crippen LogP contribution in [0.15, 0.2) is 30.7 Å². The van der Waals surface area contributed by atoms with Crippen molar-refractivity contribution in [1.82, 2.24) is 29.8 Å². The van der Waals surface area contributed by atoms with E-state index in [0.717, 1.165) is 50.4 Å². The van der Waals surface area contributed by atoms with Gasteiger partial charge in [0.2, 0.25) is 0 Å². The lowest BCUT2D eigenvalue weighted by Crippen LogP contribution is -2.47. The summed E-state index contributed by atoms with van der Waals surface area (Å²) in [6, 6.07) is 4.12. The summed E-state index contributed by atoms with van der Waals surface area (Å²) >= 11 is 0. The zero-order chi connectivity index (χ0) is 26.8. The molecular weight excluding hydrogens is 489 g/mol. The lowest BCUT2D eigenvalue weighted by molar-refractivity contribution is 0.102. The van der Waals surface area contributed by atoms with Crippen LogP contribution in [0.4, 0.5) is 26.4 Å². The van der Waals surface area contributed by atoms with Crippen molar-refractivity contribution in [1.29, 1.82) is 0 Å². The Labute approximate surface area is 220 Å². The minimum atomic E-state index is -0.622. The molecule has 3 aromatic rings. The fourth-order valence-electron chi connectivity index (χ4n) is 4.51. The van der Waals surface area contributed by atoms with Crippen LogP contribution < -0.4 is 21.3 Å². The third kappa shape index (κ3) is 5.79. The largest absolute Gasteiger partial charge is 0.379 e. The van der Waals surface area contributed by atoms with Crippen molar-refractivity contribution in [2.24, 2.45) is 0 Å². The van der Waals surface area contributed by atoms with Crippen LogP contribution in [0.5, 0.6) is 0 Å². The first-order valence-electron chi connectivity index (χ1n) is 13.1. The van der Waals surface area contributed by atoms with E-state index < -0.39 is 11.7 Å². The molecule has 0 atom stereocenters. The molecule has 5 rings (SSSR count). The molecule has 3 heterocycles. The van der Waals surface area contributed by atoms with Gasteiger partial charge in [-0.25, -0.2) is 18.7 Å². The van der Waals surface area contributed by atoms with Crippen LogP contribution in [-0.2, 0) is 0 Å². The topological polar surface area (TPSA) is 129 Å². The average molecular weight is 524 g/mol. The molecule has 0 spiro atoms. The summed E-state index contributed by atoms with van der Waals surface area (Å²) in [5.41, 5.74) is 1.55. The standard InChI is InChI=1S/C26H34FN9O2/c1-15(2)35(3)26(38)32-18-8-6-17(7-9-18)31-23-12-21(30-16-4-5-16)24-29-14-22(36(24)34-23)25(37)33-20-10-11-28-13-19(20)27/h10-18,30H,4-9H2,1-3H3,(H,31,34)(H,32,38)(H,28,33,37)/t17-,18-. The Morgan fingerprint density at radius 3 is 2.39 bits per heavy atom. The highest BCUT2D eigenvalue weighted by molar-refractivity contribution is 6.03. The van der Waals surface area contributed by atoms with Gasteiger partial charge in [-0.2, -0.15) is 0 Å². The molecule has 0 aliphatic heterocycles. The van der Waals surface area contributed by atoms with Crippen molar-refractivity contribution < 1.29 is 14.0 Å². The summed E-state index contributed by atoms with van der Waals surface area (Å²) in [6.07, 6.45) is 9.53.